The smallest absolute Gasteiger partial charge is 0.331 e. The van der Waals surface area contributed by atoms with E-state index in [-0.39, 0.29) is 23.2 Å². The Morgan fingerprint density at radius 1 is 0.854 bits per heavy atom. The van der Waals surface area contributed by atoms with Gasteiger partial charge in [0.25, 0.3) is 8.32 Å². The van der Waals surface area contributed by atoms with Crippen molar-refractivity contribution in [1.29, 1.82) is 0 Å². The van der Waals surface area contributed by atoms with E-state index in [9.17, 15) is 4.79 Å². The Balaban J connectivity index is 1.42. The molecule has 1 aromatic heterocycles. The molecule has 0 saturated heterocycles. The molecule has 1 N–H and O–H groups in total. The largest absolute Gasteiger partial charge is 0.497 e. The van der Waals surface area contributed by atoms with Crippen LogP contribution < -0.4 is 30.2 Å². The average Bonchev–Trinajstić information content (AvgIpc) is 3.09. The van der Waals surface area contributed by atoms with Crippen LogP contribution in [0.1, 0.15) is 46.2 Å². The minimum Gasteiger partial charge on any atom is -0.497 e. The number of rotatable bonds is 10. The fraction of sp³-hybridized carbons (Fsp3) is 0.256. The minimum absolute atomic E-state index is 0.178. The molecule has 2 unspecified atom stereocenters. The van der Waals surface area contributed by atoms with Gasteiger partial charge in [-0.05, 0) is 65.7 Å². The van der Waals surface area contributed by atoms with Crippen LogP contribution >= 0.6 is 0 Å². The van der Waals surface area contributed by atoms with Crippen LogP contribution in [0.2, 0.25) is 5.04 Å². The number of urea groups is 1. The molecule has 0 spiro atoms. The molecule has 9 heteroatoms. The average molecular weight is 658 g/mol. The van der Waals surface area contributed by atoms with Crippen LogP contribution in [0.5, 0.6) is 5.75 Å². The molecule has 1 aliphatic rings. The second kappa shape index (κ2) is 13.6. The summed E-state index contributed by atoms with van der Waals surface area (Å²) in [7, 11) is -1.23. The maximum absolute atomic E-state index is 14.7. The Labute approximate surface area is 284 Å². The summed E-state index contributed by atoms with van der Waals surface area (Å²) in [6.07, 6.45) is 1.82. The standard InChI is InChI=1S/C39H43N5O3Si/c1-28(27-47-48(39(3,4)5,33-18-12-8-13-19-33)34-20-14-9-15-21-34)43-36-35(26-40-37(42-36)41-30-16-10-7-11-17-30)29(2)44(38(43)45)31-22-24-32(46-6)25-23-31/h7-26,28-29H,27H2,1-6H3,(H,40,41,42). The summed E-state index contributed by atoms with van der Waals surface area (Å²) in [5.74, 6) is 1.72. The summed E-state index contributed by atoms with van der Waals surface area (Å²) >= 11 is 0. The molecule has 6 rings (SSSR count). The number of ether oxygens (including phenoxy) is 1. The topological polar surface area (TPSA) is 79.8 Å². The third-order valence-corrected chi connectivity index (χ3v) is 14.1. The molecule has 4 aromatic carbocycles. The fourth-order valence-electron chi connectivity index (χ4n) is 6.65. The van der Waals surface area contributed by atoms with Crippen molar-refractivity contribution < 1.29 is 14.0 Å². The highest BCUT2D eigenvalue weighted by Gasteiger charge is 2.51. The van der Waals surface area contributed by atoms with E-state index in [1.807, 2.05) is 86.8 Å². The summed E-state index contributed by atoms with van der Waals surface area (Å²) in [6, 6.07) is 37.6. The second-order valence-corrected chi connectivity index (χ2v) is 17.5. The Hall–Kier alpha value is -4.99. The molecular weight excluding hydrogens is 615 g/mol. The highest BCUT2D eigenvalue weighted by molar-refractivity contribution is 6.99. The Morgan fingerprint density at radius 2 is 1.42 bits per heavy atom. The van der Waals surface area contributed by atoms with E-state index >= 15 is 0 Å². The first-order valence-electron chi connectivity index (χ1n) is 16.3. The number of carbonyl (C=O) groups excluding carboxylic acids is 1. The van der Waals surface area contributed by atoms with Crippen molar-refractivity contribution in [3.8, 4) is 5.75 Å². The highest BCUT2D eigenvalue weighted by atomic mass is 28.4. The van der Waals surface area contributed by atoms with E-state index in [1.165, 1.54) is 10.4 Å². The molecule has 2 heterocycles. The van der Waals surface area contributed by atoms with E-state index in [1.54, 1.807) is 16.9 Å². The number of benzene rings is 4. The van der Waals surface area contributed by atoms with E-state index < -0.39 is 8.32 Å². The number of hydrogen-bond acceptors (Lipinski definition) is 6. The first-order valence-corrected chi connectivity index (χ1v) is 18.3. The van der Waals surface area contributed by atoms with Gasteiger partial charge in [-0.15, -0.1) is 0 Å². The quantitative estimate of drug-likeness (QED) is 0.155. The second-order valence-electron chi connectivity index (χ2n) is 13.2. The number of methoxy groups -OCH3 is 1. The maximum Gasteiger partial charge on any atom is 0.331 e. The van der Waals surface area contributed by atoms with Gasteiger partial charge in [0.05, 0.1) is 25.8 Å². The number of aromatic nitrogens is 2. The first kappa shape index (κ1) is 32.9. The van der Waals surface area contributed by atoms with Gasteiger partial charge in [-0.3, -0.25) is 9.80 Å². The first-order chi connectivity index (χ1) is 23.1. The van der Waals surface area contributed by atoms with Crippen LogP contribution in [0.4, 0.5) is 27.9 Å². The van der Waals surface area contributed by atoms with Crippen LogP contribution in [0, 0.1) is 0 Å². The number of para-hydroxylation sites is 1. The van der Waals surface area contributed by atoms with E-state index in [0.29, 0.717) is 18.4 Å². The van der Waals surface area contributed by atoms with Crippen LogP contribution in [-0.2, 0) is 4.43 Å². The normalized spacial score (nSPS) is 15.5. The summed E-state index contributed by atoms with van der Waals surface area (Å²) in [5, 5.41) is 5.47. The van der Waals surface area contributed by atoms with Gasteiger partial charge in [0, 0.05) is 23.1 Å². The number of amides is 2. The van der Waals surface area contributed by atoms with E-state index in [2.05, 4.69) is 79.6 Å². The van der Waals surface area contributed by atoms with Crippen molar-refractivity contribution in [2.45, 2.75) is 51.7 Å². The molecule has 2 amide bonds. The molecule has 0 saturated carbocycles. The van der Waals surface area contributed by atoms with E-state index in [4.69, 9.17) is 14.1 Å². The zero-order chi connectivity index (χ0) is 33.9. The lowest BCUT2D eigenvalue weighted by molar-refractivity contribution is 0.235. The monoisotopic (exact) mass is 657 g/mol. The summed E-state index contributed by atoms with van der Waals surface area (Å²) in [6.45, 7) is 11.1. The van der Waals surface area contributed by atoms with Gasteiger partial charge in [0.2, 0.25) is 5.95 Å². The molecule has 2 atom stereocenters. The molecule has 8 nitrogen and oxygen atoms in total. The van der Waals surface area contributed by atoms with Crippen LogP contribution in [-0.4, -0.2) is 44.1 Å². The van der Waals surface area contributed by atoms with Gasteiger partial charge in [0.1, 0.15) is 11.6 Å². The fourth-order valence-corrected chi connectivity index (χ4v) is 11.3. The lowest BCUT2D eigenvalue weighted by Gasteiger charge is -2.46. The lowest BCUT2D eigenvalue weighted by atomic mass is 10.0. The number of anilines is 4. The summed E-state index contributed by atoms with van der Waals surface area (Å²) < 4.78 is 12.7. The predicted octanol–water partition coefficient (Wildman–Crippen LogP) is 7.70. The zero-order valence-electron chi connectivity index (χ0n) is 28.4. The Bertz CT molecular complexity index is 1790. The summed E-state index contributed by atoms with van der Waals surface area (Å²) in [5.41, 5.74) is 2.47. The molecule has 0 aliphatic carbocycles. The van der Waals surface area contributed by atoms with Gasteiger partial charge in [-0.25, -0.2) is 9.78 Å². The van der Waals surface area contributed by atoms with Crippen molar-refractivity contribution in [3.05, 3.63) is 127 Å². The lowest BCUT2D eigenvalue weighted by Crippen LogP contribution is -2.67. The Kier molecular flexibility index (Phi) is 9.35. The van der Waals surface area contributed by atoms with Gasteiger partial charge >= 0.3 is 6.03 Å². The molecule has 5 aromatic rings. The zero-order valence-corrected chi connectivity index (χ0v) is 29.4. The van der Waals surface area contributed by atoms with Crippen molar-refractivity contribution >= 4 is 47.9 Å². The number of nitrogens with one attached hydrogen (secondary N) is 1. The predicted molar refractivity (Wildman–Crippen MR) is 197 cm³/mol. The number of carbonyl (C=O) groups is 1. The molecule has 0 fully saturated rings. The molecule has 1 aliphatic heterocycles. The summed E-state index contributed by atoms with van der Waals surface area (Å²) in [4.78, 5) is 27.9. The van der Waals surface area contributed by atoms with E-state index in [0.717, 1.165) is 22.7 Å². The van der Waals surface area contributed by atoms with Crippen molar-refractivity contribution in [1.82, 2.24) is 9.97 Å². The number of nitrogens with zero attached hydrogens (tertiary/aromatic N) is 4. The van der Waals surface area contributed by atoms with Crippen molar-refractivity contribution in [2.24, 2.45) is 0 Å². The molecule has 246 valence electrons. The van der Waals surface area contributed by atoms with Crippen LogP contribution in [0.3, 0.4) is 0 Å². The van der Waals surface area contributed by atoms with Gasteiger partial charge in [-0.1, -0.05) is 99.6 Å². The maximum atomic E-state index is 14.7. The number of fused-ring (bicyclic) bond motifs is 1. The third-order valence-electron chi connectivity index (χ3n) is 9.05. The van der Waals surface area contributed by atoms with Crippen LogP contribution in [0.25, 0.3) is 0 Å². The van der Waals surface area contributed by atoms with Gasteiger partial charge < -0.3 is 14.5 Å². The minimum atomic E-state index is -2.87. The SMILES string of the molecule is COc1ccc(N2C(=O)N(C(C)CO[Si](c3ccccc3)(c3ccccc3)C(C)(C)C)c3nc(Nc4ccccc4)ncc3C2C)cc1. The van der Waals surface area contributed by atoms with Gasteiger partial charge in [-0.2, -0.15) is 4.98 Å². The number of hydrogen-bond donors (Lipinski definition) is 1. The molecule has 0 radical (unpaired) electrons. The van der Waals surface area contributed by atoms with Crippen molar-refractivity contribution in [2.75, 3.05) is 28.8 Å². The molecule has 0 bridgehead atoms. The highest BCUT2D eigenvalue weighted by Crippen LogP contribution is 2.41. The molecular formula is C39H43N5O3Si. The van der Waals surface area contributed by atoms with Crippen LogP contribution in [0.15, 0.2) is 121 Å². The van der Waals surface area contributed by atoms with Crippen molar-refractivity contribution in [3.63, 3.8) is 0 Å². The van der Waals surface area contributed by atoms with Gasteiger partial charge in [0.15, 0.2) is 0 Å². The third kappa shape index (κ3) is 6.19. The molecule has 48 heavy (non-hydrogen) atoms. The Morgan fingerprint density at radius 3 is 1.96 bits per heavy atom.